The molecule has 5 nitrogen and oxygen atoms in total. The highest BCUT2D eigenvalue weighted by Gasteiger charge is 2.10. The van der Waals surface area contributed by atoms with E-state index in [0.29, 0.717) is 16.8 Å². The summed E-state index contributed by atoms with van der Waals surface area (Å²) in [6.07, 6.45) is 1.55. The Labute approximate surface area is 91.3 Å². The maximum Gasteiger partial charge on any atom is 0.151 e. The first-order valence-corrected chi connectivity index (χ1v) is 6.75. The Balaban J connectivity index is 2.68. The van der Waals surface area contributed by atoms with Gasteiger partial charge in [-0.1, -0.05) is 6.92 Å². The molecule has 0 amide bonds. The average Bonchev–Trinajstić information content (AvgIpc) is 2.45. The summed E-state index contributed by atoms with van der Waals surface area (Å²) < 4.78 is 24.6. The van der Waals surface area contributed by atoms with Crippen molar-refractivity contribution in [2.75, 3.05) is 17.2 Å². The van der Waals surface area contributed by atoms with E-state index >= 15 is 0 Å². The molecular formula is C7H12BrN3O2S. The SMILES string of the molecule is CCS(=O)(=O)CCn1ncc(Br)c1N. The van der Waals surface area contributed by atoms with Crippen LogP contribution in [0.15, 0.2) is 10.7 Å². The fraction of sp³-hybridized carbons (Fsp3) is 0.571. The highest BCUT2D eigenvalue weighted by atomic mass is 79.9. The van der Waals surface area contributed by atoms with Crippen LogP contribution in [0.3, 0.4) is 0 Å². The predicted molar refractivity (Wildman–Crippen MR) is 58.7 cm³/mol. The Bertz CT molecular complexity index is 413. The van der Waals surface area contributed by atoms with Crippen molar-refractivity contribution in [3.8, 4) is 0 Å². The molecule has 7 heteroatoms. The lowest BCUT2D eigenvalue weighted by molar-refractivity contribution is 0.583. The molecule has 0 aromatic carbocycles. The smallest absolute Gasteiger partial charge is 0.151 e. The Hall–Kier alpha value is -0.560. The number of anilines is 1. The number of nitrogens with zero attached hydrogens (tertiary/aromatic N) is 2. The lowest BCUT2D eigenvalue weighted by Crippen LogP contribution is -2.16. The van der Waals surface area contributed by atoms with Crippen LogP contribution in [-0.2, 0) is 16.4 Å². The van der Waals surface area contributed by atoms with Crippen LogP contribution in [0.5, 0.6) is 0 Å². The summed E-state index contributed by atoms with van der Waals surface area (Å²) in [5.74, 6) is 0.674. The standard InChI is InChI=1S/C7H12BrN3O2S/c1-2-14(12,13)4-3-11-7(9)6(8)5-10-11/h5H,2-4,9H2,1H3. The highest BCUT2D eigenvalue weighted by molar-refractivity contribution is 9.10. The van der Waals surface area contributed by atoms with Crippen LogP contribution in [0, 0.1) is 0 Å². The Kier molecular flexibility index (Phi) is 3.54. The number of halogens is 1. The van der Waals surface area contributed by atoms with Crippen molar-refractivity contribution in [1.29, 1.82) is 0 Å². The van der Waals surface area contributed by atoms with Crippen molar-refractivity contribution >= 4 is 31.6 Å². The van der Waals surface area contributed by atoms with Gasteiger partial charge in [-0.05, 0) is 15.9 Å². The molecule has 0 fully saturated rings. The average molecular weight is 282 g/mol. The second-order valence-corrected chi connectivity index (χ2v) is 6.16. The third kappa shape index (κ3) is 2.71. The fourth-order valence-corrected chi connectivity index (χ4v) is 1.96. The molecule has 0 aliphatic heterocycles. The summed E-state index contributed by atoms with van der Waals surface area (Å²) in [4.78, 5) is 0. The molecule has 0 atom stereocenters. The first-order chi connectivity index (χ1) is 6.46. The summed E-state index contributed by atoms with van der Waals surface area (Å²) >= 11 is 3.20. The molecule has 0 saturated heterocycles. The van der Waals surface area contributed by atoms with Crippen LogP contribution in [0.1, 0.15) is 6.92 Å². The van der Waals surface area contributed by atoms with Crippen molar-refractivity contribution in [2.45, 2.75) is 13.5 Å². The molecule has 1 aromatic rings. The van der Waals surface area contributed by atoms with Crippen LogP contribution >= 0.6 is 15.9 Å². The lowest BCUT2D eigenvalue weighted by Gasteiger charge is -2.03. The number of hydrogen-bond donors (Lipinski definition) is 1. The van der Waals surface area contributed by atoms with Crippen molar-refractivity contribution in [3.05, 3.63) is 10.7 Å². The van der Waals surface area contributed by atoms with Crippen molar-refractivity contribution in [2.24, 2.45) is 0 Å². The van der Waals surface area contributed by atoms with E-state index in [9.17, 15) is 8.42 Å². The highest BCUT2D eigenvalue weighted by Crippen LogP contribution is 2.17. The van der Waals surface area contributed by atoms with E-state index in [1.807, 2.05) is 0 Å². The van der Waals surface area contributed by atoms with Gasteiger partial charge in [0.05, 0.1) is 23.0 Å². The molecule has 1 heterocycles. The minimum absolute atomic E-state index is 0.0712. The molecular weight excluding hydrogens is 270 g/mol. The second-order valence-electron chi connectivity index (χ2n) is 2.84. The van der Waals surface area contributed by atoms with E-state index in [0.717, 1.165) is 0 Å². The quantitative estimate of drug-likeness (QED) is 0.880. The number of rotatable bonds is 4. The van der Waals surface area contributed by atoms with Crippen molar-refractivity contribution < 1.29 is 8.42 Å². The van der Waals surface area contributed by atoms with Crippen molar-refractivity contribution in [3.63, 3.8) is 0 Å². The number of aryl methyl sites for hydroxylation is 1. The molecule has 0 unspecified atom stereocenters. The zero-order chi connectivity index (χ0) is 10.8. The molecule has 80 valence electrons. The van der Waals surface area contributed by atoms with Gasteiger partial charge in [0.1, 0.15) is 5.82 Å². The minimum atomic E-state index is -2.96. The zero-order valence-corrected chi connectivity index (χ0v) is 10.2. The second kappa shape index (κ2) is 4.31. The van der Waals surface area contributed by atoms with E-state index < -0.39 is 9.84 Å². The van der Waals surface area contributed by atoms with Gasteiger partial charge < -0.3 is 5.73 Å². The molecule has 0 aliphatic carbocycles. The largest absolute Gasteiger partial charge is 0.383 e. The third-order valence-corrected chi connectivity index (χ3v) is 4.18. The lowest BCUT2D eigenvalue weighted by atomic mass is 10.6. The van der Waals surface area contributed by atoms with Gasteiger partial charge in [0, 0.05) is 5.75 Å². The van der Waals surface area contributed by atoms with Crippen LogP contribution in [0.4, 0.5) is 5.82 Å². The number of aromatic nitrogens is 2. The molecule has 14 heavy (non-hydrogen) atoms. The van der Waals surface area contributed by atoms with Gasteiger partial charge in [-0.25, -0.2) is 13.1 Å². The predicted octanol–water partition coefficient (Wildman–Crippen LogP) is 0.662. The van der Waals surface area contributed by atoms with Crippen molar-refractivity contribution in [1.82, 2.24) is 9.78 Å². The van der Waals surface area contributed by atoms with E-state index in [4.69, 9.17) is 5.73 Å². The maximum absolute atomic E-state index is 11.2. The molecule has 1 rings (SSSR count). The molecule has 0 bridgehead atoms. The molecule has 0 saturated carbocycles. The van der Waals surface area contributed by atoms with Gasteiger partial charge in [-0.2, -0.15) is 5.10 Å². The molecule has 0 radical (unpaired) electrons. The molecule has 0 aliphatic rings. The Morgan fingerprint density at radius 1 is 1.64 bits per heavy atom. The summed E-state index contributed by atoms with van der Waals surface area (Å²) in [7, 11) is -2.96. The molecule has 1 aromatic heterocycles. The van der Waals surface area contributed by atoms with E-state index in [1.54, 1.807) is 13.1 Å². The number of sulfone groups is 1. The van der Waals surface area contributed by atoms with Crippen LogP contribution in [-0.4, -0.2) is 29.7 Å². The monoisotopic (exact) mass is 281 g/mol. The summed E-state index contributed by atoms with van der Waals surface area (Å²) in [5.41, 5.74) is 5.63. The third-order valence-electron chi connectivity index (χ3n) is 1.89. The fourth-order valence-electron chi connectivity index (χ4n) is 0.920. The summed E-state index contributed by atoms with van der Waals surface area (Å²) in [6.45, 7) is 1.92. The molecule has 2 N–H and O–H groups in total. The van der Waals surface area contributed by atoms with Crippen LogP contribution < -0.4 is 5.73 Å². The summed E-state index contributed by atoms with van der Waals surface area (Å²) in [6, 6.07) is 0. The van der Waals surface area contributed by atoms with Crippen LogP contribution in [0.25, 0.3) is 0 Å². The van der Waals surface area contributed by atoms with Crippen LogP contribution in [0.2, 0.25) is 0 Å². The first kappa shape index (κ1) is 11.5. The number of nitrogens with two attached hydrogens (primary N) is 1. The Morgan fingerprint density at radius 2 is 2.29 bits per heavy atom. The number of hydrogen-bond acceptors (Lipinski definition) is 4. The molecule has 0 spiro atoms. The van der Waals surface area contributed by atoms with E-state index in [-0.39, 0.29) is 11.5 Å². The van der Waals surface area contributed by atoms with Gasteiger partial charge in [0.15, 0.2) is 9.84 Å². The normalized spacial score (nSPS) is 11.9. The van der Waals surface area contributed by atoms with E-state index in [1.165, 1.54) is 4.68 Å². The first-order valence-electron chi connectivity index (χ1n) is 4.13. The number of nitrogen functional groups attached to an aromatic ring is 1. The van der Waals surface area contributed by atoms with E-state index in [2.05, 4.69) is 21.0 Å². The summed E-state index contributed by atoms with van der Waals surface area (Å²) in [5, 5.41) is 3.93. The zero-order valence-electron chi connectivity index (χ0n) is 7.77. The maximum atomic E-state index is 11.2. The topological polar surface area (TPSA) is 78.0 Å². The minimum Gasteiger partial charge on any atom is -0.383 e. The van der Waals surface area contributed by atoms with Gasteiger partial charge in [0.25, 0.3) is 0 Å². The van der Waals surface area contributed by atoms with Gasteiger partial charge in [0.2, 0.25) is 0 Å². The van der Waals surface area contributed by atoms with Gasteiger partial charge >= 0.3 is 0 Å². The van der Waals surface area contributed by atoms with Gasteiger partial charge in [-0.3, -0.25) is 0 Å². The Morgan fingerprint density at radius 3 is 2.71 bits per heavy atom. The van der Waals surface area contributed by atoms with Gasteiger partial charge in [-0.15, -0.1) is 0 Å².